The summed E-state index contributed by atoms with van der Waals surface area (Å²) < 4.78 is 4.84. The Bertz CT molecular complexity index is 440. The van der Waals surface area contributed by atoms with E-state index in [1.165, 1.54) is 6.20 Å². The quantitative estimate of drug-likeness (QED) is 0.846. The van der Waals surface area contributed by atoms with Crippen molar-refractivity contribution in [2.24, 2.45) is 5.92 Å². The molecule has 17 heavy (non-hydrogen) atoms. The van der Waals surface area contributed by atoms with Crippen molar-refractivity contribution in [3.05, 3.63) is 17.5 Å². The zero-order valence-electron chi connectivity index (χ0n) is 9.55. The van der Waals surface area contributed by atoms with Crippen LogP contribution in [0.5, 0.6) is 0 Å². The van der Waals surface area contributed by atoms with Crippen LogP contribution in [0.2, 0.25) is 0 Å². The number of carbonyl (C=O) groups excluding carboxylic acids is 1. The number of aryl methyl sites for hydroxylation is 1. The van der Waals surface area contributed by atoms with Gasteiger partial charge in [0.2, 0.25) is 0 Å². The van der Waals surface area contributed by atoms with E-state index in [4.69, 9.17) is 9.63 Å². The summed E-state index contributed by atoms with van der Waals surface area (Å²) in [6.45, 7) is 2.78. The number of aromatic nitrogens is 1. The minimum absolute atomic E-state index is 0.0524. The number of amides is 1. The van der Waals surface area contributed by atoms with Gasteiger partial charge in [-0.3, -0.25) is 9.59 Å². The first-order chi connectivity index (χ1) is 8.08. The van der Waals surface area contributed by atoms with Crippen molar-refractivity contribution in [3.8, 4) is 0 Å². The lowest BCUT2D eigenvalue weighted by atomic mass is 10.1. The van der Waals surface area contributed by atoms with Gasteiger partial charge >= 0.3 is 5.97 Å². The van der Waals surface area contributed by atoms with Gasteiger partial charge in [0, 0.05) is 19.5 Å². The Labute approximate surface area is 98.2 Å². The van der Waals surface area contributed by atoms with Crippen molar-refractivity contribution in [2.45, 2.75) is 19.8 Å². The Morgan fingerprint density at radius 2 is 2.41 bits per heavy atom. The second-order valence-corrected chi connectivity index (χ2v) is 4.30. The third-order valence-electron chi connectivity index (χ3n) is 3.02. The number of hydrogen-bond donors (Lipinski definition) is 1. The fraction of sp³-hybridized carbons (Fsp3) is 0.545. The molecule has 1 amide bonds. The maximum Gasteiger partial charge on any atom is 0.303 e. The van der Waals surface area contributed by atoms with E-state index in [1.54, 1.807) is 11.8 Å². The van der Waals surface area contributed by atoms with Crippen LogP contribution >= 0.6 is 0 Å². The van der Waals surface area contributed by atoms with Gasteiger partial charge in [0.15, 0.2) is 0 Å². The van der Waals surface area contributed by atoms with E-state index in [-0.39, 0.29) is 18.2 Å². The lowest BCUT2D eigenvalue weighted by Crippen LogP contribution is -2.29. The summed E-state index contributed by atoms with van der Waals surface area (Å²) >= 11 is 0. The summed E-state index contributed by atoms with van der Waals surface area (Å²) in [4.78, 5) is 24.3. The Hall–Kier alpha value is -1.85. The van der Waals surface area contributed by atoms with Gasteiger partial charge in [0.25, 0.3) is 5.91 Å². The summed E-state index contributed by atoms with van der Waals surface area (Å²) in [5.74, 6) is -0.393. The zero-order valence-corrected chi connectivity index (χ0v) is 9.55. The number of aliphatic carboxylic acids is 1. The highest BCUT2D eigenvalue weighted by molar-refractivity contribution is 5.95. The number of hydrogen-bond acceptors (Lipinski definition) is 4. The number of carboxylic acids is 1. The first kappa shape index (κ1) is 11.6. The molecular weight excluding hydrogens is 224 g/mol. The summed E-state index contributed by atoms with van der Waals surface area (Å²) in [7, 11) is 0. The molecule has 1 saturated heterocycles. The molecule has 1 N–H and O–H groups in total. The monoisotopic (exact) mass is 238 g/mol. The molecule has 0 saturated carbocycles. The highest BCUT2D eigenvalue weighted by Crippen LogP contribution is 2.22. The number of likely N-dealkylation sites (tertiary alicyclic amines) is 1. The molecule has 2 rings (SSSR count). The summed E-state index contributed by atoms with van der Waals surface area (Å²) in [6, 6.07) is 0. The first-order valence-electron chi connectivity index (χ1n) is 5.50. The Morgan fingerprint density at radius 1 is 1.65 bits per heavy atom. The summed E-state index contributed by atoms with van der Waals surface area (Å²) in [5, 5.41) is 12.3. The highest BCUT2D eigenvalue weighted by atomic mass is 16.5. The molecule has 0 spiro atoms. The standard InChI is InChI=1S/C11H14N2O4/c1-7-9(5-12-17-7)11(16)13-3-2-8(6-13)4-10(14)15/h5,8H,2-4,6H2,1H3,(H,14,15). The number of rotatable bonds is 3. The minimum atomic E-state index is -0.814. The van der Waals surface area contributed by atoms with Crippen LogP contribution in [0, 0.1) is 12.8 Å². The number of nitrogens with zero attached hydrogens (tertiary/aromatic N) is 2. The number of carbonyl (C=O) groups is 2. The van der Waals surface area contributed by atoms with Crippen molar-refractivity contribution in [1.29, 1.82) is 0 Å². The molecule has 1 aromatic rings. The third kappa shape index (κ3) is 2.46. The van der Waals surface area contributed by atoms with Crippen molar-refractivity contribution in [2.75, 3.05) is 13.1 Å². The second-order valence-electron chi connectivity index (χ2n) is 4.30. The molecule has 1 atom stereocenters. The van der Waals surface area contributed by atoms with E-state index >= 15 is 0 Å². The van der Waals surface area contributed by atoms with Gasteiger partial charge in [-0.2, -0.15) is 0 Å². The predicted octanol–water partition coefficient (Wildman–Crippen LogP) is 0.920. The molecule has 92 valence electrons. The Morgan fingerprint density at radius 3 is 3.00 bits per heavy atom. The van der Waals surface area contributed by atoms with Gasteiger partial charge in [-0.1, -0.05) is 5.16 Å². The van der Waals surface area contributed by atoms with E-state index in [0.29, 0.717) is 24.4 Å². The van der Waals surface area contributed by atoms with Crippen molar-refractivity contribution >= 4 is 11.9 Å². The summed E-state index contributed by atoms with van der Waals surface area (Å²) in [6.07, 6.45) is 2.26. The lowest BCUT2D eigenvalue weighted by Gasteiger charge is -2.15. The van der Waals surface area contributed by atoms with Crippen molar-refractivity contribution < 1.29 is 19.2 Å². The normalized spacial score (nSPS) is 19.6. The van der Waals surface area contributed by atoms with Gasteiger partial charge in [0.1, 0.15) is 11.3 Å². The third-order valence-corrected chi connectivity index (χ3v) is 3.02. The smallest absolute Gasteiger partial charge is 0.303 e. The molecule has 1 aliphatic rings. The molecule has 1 fully saturated rings. The zero-order chi connectivity index (χ0) is 12.4. The van der Waals surface area contributed by atoms with Gasteiger partial charge in [-0.15, -0.1) is 0 Å². The molecule has 0 radical (unpaired) electrons. The summed E-state index contributed by atoms with van der Waals surface area (Å²) in [5.41, 5.74) is 0.459. The minimum Gasteiger partial charge on any atom is -0.481 e. The molecular formula is C11H14N2O4. The van der Waals surface area contributed by atoms with Crippen molar-refractivity contribution in [3.63, 3.8) is 0 Å². The van der Waals surface area contributed by atoms with E-state index in [0.717, 1.165) is 6.42 Å². The average molecular weight is 238 g/mol. The molecule has 0 aliphatic carbocycles. The van der Waals surface area contributed by atoms with Gasteiger partial charge in [-0.05, 0) is 19.3 Å². The van der Waals surface area contributed by atoms with E-state index < -0.39 is 5.97 Å². The van der Waals surface area contributed by atoms with Gasteiger partial charge in [0.05, 0.1) is 6.20 Å². The van der Waals surface area contributed by atoms with Gasteiger partial charge in [-0.25, -0.2) is 0 Å². The maximum atomic E-state index is 12.0. The number of carboxylic acid groups (broad SMARTS) is 1. The van der Waals surface area contributed by atoms with Crippen LogP contribution in [0.25, 0.3) is 0 Å². The first-order valence-corrected chi connectivity index (χ1v) is 5.50. The highest BCUT2D eigenvalue weighted by Gasteiger charge is 2.29. The molecule has 1 unspecified atom stereocenters. The lowest BCUT2D eigenvalue weighted by molar-refractivity contribution is -0.138. The van der Waals surface area contributed by atoms with Crippen LogP contribution in [0.1, 0.15) is 29.0 Å². The molecule has 1 aromatic heterocycles. The van der Waals surface area contributed by atoms with E-state index in [9.17, 15) is 9.59 Å². The Balaban J connectivity index is 1.99. The van der Waals surface area contributed by atoms with Crippen LogP contribution in [-0.2, 0) is 4.79 Å². The largest absolute Gasteiger partial charge is 0.481 e. The predicted molar refractivity (Wildman–Crippen MR) is 57.5 cm³/mol. The second kappa shape index (κ2) is 4.57. The fourth-order valence-corrected chi connectivity index (χ4v) is 2.11. The molecule has 0 bridgehead atoms. The topological polar surface area (TPSA) is 83.6 Å². The van der Waals surface area contributed by atoms with E-state index in [2.05, 4.69) is 5.16 Å². The van der Waals surface area contributed by atoms with E-state index in [1.807, 2.05) is 0 Å². The average Bonchev–Trinajstić information content (AvgIpc) is 2.85. The molecule has 0 aromatic carbocycles. The van der Waals surface area contributed by atoms with Crippen LogP contribution in [-0.4, -0.2) is 40.1 Å². The van der Waals surface area contributed by atoms with Crippen LogP contribution in [0.4, 0.5) is 0 Å². The molecule has 6 nitrogen and oxygen atoms in total. The van der Waals surface area contributed by atoms with Crippen LogP contribution in [0.3, 0.4) is 0 Å². The van der Waals surface area contributed by atoms with Crippen LogP contribution < -0.4 is 0 Å². The molecule has 2 heterocycles. The van der Waals surface area contributed by atoms with Crippen molar-refractivity contribution in [1.82, 2.24) is 10.1 Å². The SMILES string of the molecule is Cc1oncc1C(=O)N1CCC(CC(=O)O)C1. The van der Waals surface area contributed by atoms with Gasteiger partial charge < -0.3 is 14.5 Å². The Kier molecular flexibility index (Phi) is 3.12. The molecule has 1 aliphatic heterocycles. The fourth-order valence-electron chi connectivity index (χ4n) is 2.11. The maximum absolute atomic E-state index is 12.0. The van der Waals surface area contributed by atoms with Crippen LogP contribution in [0.15, 0.2) is 10.7 Å². The molecule has 6 heteroatoms.